The van der Waals surface area contributed by atoms with Crippen LogP contribution in [0.4, 0.5) is 0 Å². The third-order valence-electron chi connectivity index (χ3n) is 1.96. The van der Waals surface area contributed by atoms with E-state index in [1.807, 2.05) is 0 Å². The summed E-state index contributed by atoms with van der Waals surface area (Å²) in [6.45, 7) is 2.27. The number of rotatable bonds is 6. The third-order valence-corrected chi connectivity index (χ3v) is 3.33. The van der Waals surface area contributed by atoms with E-state index in [9.17, 15) is 13.2 Å². The van der Waals surface area contributed by atoms with Gasteiger partial charge in [0.2, 0.25) is 0 Å². The van der Waals surface area contributed by atoms with Crippen LogP contribution in [-0.4, -0.2) is 39.0 Å². The van der Waals surface area contributed by atoms with Gasteiger partial charge in [0.1, 0.15) is 10.6 Å². The van der Waals surface area contributed by atoms with Crippen molar-refractivity contribution in [3.8, 4) is 0 Å². The topological polar surface area (TPSA) is 111 Å². The Morgan fingerprint density at radius 1 is 1.50 bits per heavy atom. The highest BCUT2D eigenvalue weighted by atomic mass is 32.2. The number of aromatic nitrogens is 1. The van der Waals surface area contributed by atoms with E-state index in [-0.39, 0.29) is 17.2 Å². The van der Waals surface area contributed by atoms with Crippen molar-refractivity contribution in [1.82, 2.24) is 10.3 Å². The normalized spacial score (nSPS) is 11.2. The minimum absolute atomic E-state index is 0.0427. The molecule has 0 aliphatic heterocycles. The van der Waals surface area contributed by atoms with Gasteiger partial charge in [-0.3, -0.25) is 8.98 Å². The van der Waals surface area contributed by atoms with Gasteiger partial charge in [-0.1, -0.05) is 0 Å². The van der Waals surface area contributed by atoms with E-state index in [0.717, 1.165) is 6.20 Å². The summed E-state index contributed by atoms with van der Waals surface area (Å²) in [6.07, 6.45) is 1.09. The molecular weight excluding hydrogens is 258 g/mol. The second-order valence-corrected chi connectivity index (χ2v) is 4.90. The Labute approximate surface area is 105 Å². The molecule has 18 heavy (non-hydrogen) atoms. The number of nitrogens with one attached hydrogen (secondary N) is 1. The molecule has 0 saturated heterocycles. The first-order valence-electron chi connectivity index (χ1n) is 5.35. The maximum atomic E-state index is 11.5. The van der Waals surface area contributed by atoms with Gasteiger partial charge in [0, 0.05) is 19.3 Å². The molecule has 7 nitrogen and oxygen atoms in total. The monoisotopic (exact) mass is 273 g/mol. The lowest BCUT2D eigenvalue weighted by Gasteiger charge is -2.05. The van der Waals surface area contributed by atoms with E-state index in [2.05, 4.69) is 14.5 Å². The molecule has 0 bridgehead atoms. The van der Waals surface area contributed by atoms with E-state index in [0.29, 0.717) is 13.1 Å². The zero-order valence-electron chi connectivity index (χ0n) is 9.92. The van der Waals surface area contributed by atoms with Crippen LogP contribution in [0.25, 0.3) is 0 Å². The van der Waals surface area contributed by atoms with Crippen molar-refractivity contribution in [1.29, 1.82) is 0 Å². The van der Waals surface area contributed by atoms with Gasteiger partial charge in [-0.25, -0.2) is 4.98 Å². The highest BCUT2D eigenvalue weighted by Crippen LogP contribution is 2.11. The molecule has 100 valence electrons. The average Bonchev–Trinajstić information content (AvgIpc) is 2.36. The Kier molecular flexibility index (Phi) is 5.20. The molecule has 1 aromatic heterocycles. The van der Waals surface area contributed by atoms with Crippen molar-refractivity contribution >= 4 is 16.0 Å². The van der Waals surface area contributed by atoms with E-state index in [1.165, 1.54) is 12.1 Å². The van der Waals surface area contributed by atoms with Crippen LogP contribution in [0, 0.1) is 0 Å². The lowest BCUT2D eigenvalue weighted by Crippen LogP contribution is -2.29. The molecule has 1 rings (SSSR count). The number of nitrogens with zero attached hydrogens (tertiary/aromatic N) is 1. The lowest BCUT2D eigenvalue weighted by atomic mass is 10.3. The first-order chi connectivity index (χ1) is 8.51. The van der Waals surface area contributed by atoms with Crippen molar-refractivity contribution in [3.05, 3.63) is 24.0 Å². The molecule has 0 saturated carbocycles. The van der Waals surface area contributed by atoms with E-state index in [4.69, 9.17) is 5.73 Å². The molecule has 1 heterocycles. The Morgan fingerprint density at radius 2 is 2.22 bits per heavy atom. The number of carbonyl (C=O) groups excluding carboxylic acids is 1. The van der Waals surface area contributed by atoms with Crippen molar-refractivity contribution in [3.63, 3.8) is 0 Å². The van der Waals surface area contributed by atoms with Crippen molar-refractivity contribution in [2.45, 2.75) is 11.8 Å². The van der Waals surface area contributed by atoms with Gasteiger partial charge in [-0.15, -0.1) is 0 Å². The van der Waals surface area contributed by atoms with Crippen molar-refractivity contribution < 1.29 is 17.4 Å². The van der Waals surface area contributed by atoms with Crippen molar-refractivity contribution in [2.24, 2.45) is 5.73 Å². The summed E-state index contributed by atoms with van der Waals surface area (Å²) < 4.78 is 27.6. The molecule has 0 radical (unpaired) electrons. The summed E-state index contributed by atoms with van der Waals surface area (Å²) in [6, 6.07) is 2.59. The molecule has 0 atom stereocenters. The summed E-state index contributed by atoms with van der Waals surface area (Å²) >= 11 is 0. The average molecular weight is 273 g/mol. The largest absolute Gasteiger partial charge is 0.349 e. The van der Waals surface area contributed by atoms with Crippen LogP contribution < -0.4 is 11.1 Å². The fourth-order valence-electron chi connectivity index (χ4n) is 1.16. The van der Waals surface area contributed by atoms with Gasteiger partial charge in [-0.05, 0) is 19.1 Å². The summed E-state index contributed by atoms with van der Waals surface area (Å²) in [5.41, 5.74) is 5.36. The van der Waals surface area contributed by atoms with Crippen LogP contribution in [-0.2, 0) is 14.3 Å². The van der Waals surface area contributed by atoms with Gasteiger partial charge in [-0.2, -0.15) is 8.42 Å². The summed E-state index contributed by atoms with van der Waals surface area (Å²) in [4.78, 5) is 15.2. The smallest absolute Gasteiger partial charge is 0.298 e. The lowest BCUT2D eigenvalue weighted by molar-refractivity contribution is 0.0949. The van der Waals surface area contributed by atoms with Crippen LogP contribution in [0.2, 0.25) is 0 Å². The van der Waals surface area contributed by atoms with Gasteiger partial charge >= 0.3 is 0 Å². The summed E-state index contributed by atoms with van der Waals surface area (Å²) in [7, 11) is -3.78. The SMILES string of the molecule is CCOS(=O)(=O)c1ccc(C(=O)NCCN)nc1. The highest BCUT2D eigenvalue weighted by molar-refractivity contribution is 7.86. The standard InChI is InChI=1S/C10H15N3O4S/c1-2-17-18(15,16)8-3-4-9(13-7-8)10(14)12-6-5-11/h3-4,7H,2,5-6,11H2,1H3,(H,12,14). The predicted octanol–water partition coefficient (Wildman–Crippen LogP) is -0.505. The molecule has 3 N–H and O–H groups in total. The van der Waals surface area contributed by atoms with Crippen LogP contribution in [0.5, 0.6) is 0 Å². The number of nitrogens with two attached hydrogens (primary N) is 1. The van der Waals surface area contributed by atoms with Crippen LogP contribution in [0.15, 0.2) is 23.2 Å². The fraction of sp³-hybridized carbons (Fsp3) is 0.400. The highest BCUT2D eigenvalue weighted by Gasteiger charge is 2.15. The van der Waals surface area contributed by atoms with Gasteiger partial charge in [0.05, 0.1) is 6.61 Å². The third kappa shape index (κ3) is 3.76. The number of hydrogen-bond donors (Lipinski definition) is 2. The zero-order chi connectivity index (χ0) is 13.6. The summed E-state index contributed by atoms with van der Waals surface area (Å²) in [5, 5.41) is 2.52. The van der Waals surface area contributed by atoms with Crippen LogP contribution in [0.1, 0.15) is 17.4 Å². The second kappa shape index (κ2) is 6.43. The van der Waals surface area contributed by atoms with E-state index >= 15 is 0 Å². The maximum absolute atomic E-state index is 11.5. The van der Waals surface area contributed by atoms with E-state index in [1.54, 1.807) is 6.92 Å². The number of carbonyl (C=O) groups is 1. The molecule has 0 spiro atoms. The quantitative estimate of drug-likeness (QED) is 0.676. The fourth-order valence-corrected chi connectivity index (χ4v) is 2.02. The molecule has 0 unspecified atom stereocenters. The molecule has 0 aromatic carbocycles. The minimum atomic E-state index is -3.78. The second-order valence-electron chi connectivity index (χ2n) is 3.28. The Morgan fingerprint density at radius 3 is 2.72 bits per heavy atom. The Balaban J connectivity index is 2.83. The van der Waals surface area contributed by atoms with Gasteiger partial charge in [0.15, 0.2) is 0 Å². The first kappa shape index (κ1) is 14.6. The molecule has 0 aliphatic carbocycles. The van der Waals surface area contributed by atoms with Gasteiger partial charge in [0.25, 0.3) is 16.0 Å². The molecule has 8 heteroatoms. The molecule has 0 fully saturated rings. The first-order valence-corrected chi connectivity index (χ1v) is 6.76. The van der Waals surface area contributed by atoms with Crippen LogP contribution in [0.3, 0.4) is 0 Å². The maximum Gasteiger partial charge on any atom is 0.298 e. The molecule has 0 aliphatic rings. The zero-order valence-corrected chi connectivity index (χ0v) is 10.7. The number of pyridine rings is 1. The van der Waals surface area contributed by atoms with Crippen molar-refractivity contribution in [2.75, 3.05) is 19.7 Å². The molecule has 1 amide bonds. The molecule has 1 aromatic rings. The van der Waals surface area contributed by atoms with Crippen LogP contribution >= 0.6 is 0 Å². The van der Waals surface area contributed by atoms with E-state index < -0.39 is 16.0 Å². The summed E-state index contributed by atoms with van der Waals surface area (Å²) in [5.74, 6) is -0.402. The Hall–Kier alpha value is -1.51. The molecular formula is C10H15N3O4S. The predicted molar refractivity (Wildman–Crippen MR) is 64.4 cm³/mol. The van der Waals surface area contributed by atoms with Gasteiger partial charge < -0.3 is 11.1 Å². The number of hydrogen-bond acceptors (Lipinski definition) is 6. The Bertz CT molecular complexity index is 498. The minimum Gasteiger partial charge on any atom is -0.349 e. The number of amides is 1.